The fourth-order valence-corrected chi connectivity index (χ4v) is 4.45. The number of hydrogen-bond acceptors (Lipinski definition) is 9. The van der Waals surface area contributed by atoms with Gasteiger partial charge in [-0.1, -0.05) is 0 Å². The Kier molecular flexibility index (Phi) is 18.3. The lowest BCUT2D eigenvalue weighted by atomic mass is 9.68. The van der Waals surface area contributed by atoms with Crippen molar-refractivity contribution in [3.8, 4) is 0 Å². The molecular formula is C25H49NO8. The van der Waals surface area contributed by atoms with E-state index in [1.54, 1.807) is 7.11 Å². The monoisotopic (exact) mass is 491 g/mol. The van der Waals surface area contributed by atoms with Gasteiger partial charge in [0.1, 0.15) is 0 Å². The van der Waals surface area contributed by atoms with Crippen molar-refractivity contribution >= 4 is 0 Å². The first-order chi connectivity index (χ1) is 16.8. The van der Waals surface area contributed by atoms with Crippen LogP contribution in [0.3, 0.4) is 0 Å². The third-order valence-electron chi connectivity index (χ3n) is 6.53. The fraction of sp³-hybridized carbons (Fsp3) is 1.00. The molecule has 2 aliphatic rings. The molecule has 2 fully saturated rings. The maximum absolute atomic E-state index is 6.02. The fourth-order valence-electron chi connectivity index (χ4n) is 4.45. The first-order valence-corrected chi connectivity index (χ1v) is 13.1. The van der Waals surface area contributed by atoms with E-state index in [1.807, 2.05) is 0 Å². The van der Waals surface area contributed by atoms with Crippen LogP contribution in [0.15, 0.2) is 0 Å². The number of methoxy groups -OCH3 is 1. The molecule has 1 aliphatic carbocycles. The van der Waals surface area contributed by atoms with Crippen LogP contribution < -0.4 is 5.32 Å². The van der Waals surface area contributed by atoms with Crippen LogP contribution in [-0.2, 0) is 37.9 Å². The zero-order valence-corrected chi connectivity index (χ0v) is 21.4. The van der Waals surface area contributed by atoms with Gasteiger partial charge in [-0.05, 0) is 57.0 Å². The zero-order chi connectivity index (χ0) is 24.0. The van der Waals surface area contributed by atoms with Crippen LogP contribution in [0.4, 0.5) is 0 Å². The normalized spacial score (nSPS) is 18.6. The molecule has 0 aromatic rings. The highest BCUT2D eigenvalue weighted by Crippen LogP contribution is 2.43. The predicted octanol–water partition coefficient (Wildman–Crippen LogP) is 2.06. The molecule has 0 unspecified atom stereocenters. The Balaban J connectivity index is 1.22. The van der Waals surface area contributed by atoms with E-state index in [1.165, 1.54) is 51.6 Å². The summed E-state index contributed by atoms with van der Waals surface area (Å²) < 4.78 is 43.7. The highest BCUT2D eigenvalue weighted by molar-refractivity contribution is 4.89. The van der Waals surface area contributed by atoms with Crippen molar-refractivity contribution in [1.82, 2.24) is 5.32 Å². The minimum atomic E-state index is 0.417. The largest absolute Gasteiger partial charge is 0.382 e. The van der Waals surface area contributed by atoms with Crippen molar-refractivity contribution < 1.29 is 37.9 Å². The average Bonchev–Trinajstić information content (AvgIpc) is 2.87. The maximum atomic E-state index is 6.02. The Hall–Kier alpha value is -0.360. The summed E-state index contributed by atoms with van der Waals surface area (Å²) in [6.07, 6.45) is 8.14. The van der Waals surface area contributed by atoms with E-state index in [4.69, 9.17) is 37.9 Å². The van der Waals surface area contributed by atoms with Gasteiger partial charge in [-0.25, -0.2) is 0 Å². The summed E-state index contributed by atoms with van der Waals surface area (Å²) in [6.45, 7) is 10.5. The van der Waals surface area contributed by atoms with Crippen LogP contribution in [0.1, 0.15) is 38.5 Å². The Bertz CT molecular complexity index is 441. The smallest absolute Gasteiger partial charge is 0.0704 e. The molecule has 9 nitrogen and oxygen atoms in total. The zero-order valence-electron chi connectivity index (χ0n) is 21.4. The lowest BCUT2D eigenvalue weighted by molar-refractivity contribution is -0.0450. The molecular weight excluding hydrogens is 442 g/mol. The summed E-state index contributed by atoms with van der Waals surface area (Å²) in [7, 11) is 1.65. The van der Waals surface area contributed by atoms with Crippen molar-refractivity contribution in [3.05, 3.63) is 0 Å². The highest BCUT2D eigenvalue weighted by atomic mass is 16.6. The summed E-state index contributed by atoms with van der Waals surface area (Å²) in [6, 6.07) is 0. The second-order valence-corrected chi connectivity index (χ2v) is 8.99. The molecule has 0 atom stereocenters. The molecule has 1 saturated heterocycles. The van der Waals surface area contributed by atoms with E-state index in [9.17, 15) is 0 Å². The van der Waals surface area contributed by atoms with Gasteiger partial charge in [-0.15, -0.1) is 0 Å². The van der Waals surface area contributed by atoms with E-state index < -0.39 is 0 Å². The van der Waals surface area contributed by atoms with E-state index in [-0.39, 0.29) is 0 Å². The number of ether oxygens (including phenoxy) is 8. The predicted molar refractivity (Wildman–Crippen MR) is 130 cm³/mol. The SMILES string of the molecule is COCCOCCOCCOCCOCCOCCOCCOC1CCC2(CCNCC2)CC1. The minimum absolute atomic E-state index is 0.417. The number of nitrogens with one attached hydrogen (secondary N) is 1. The highest BCUT2D eigenvalue weighted by Gasteiger charge is 2.36. The first kappa shape index (κ1) is 29.9. The molecule has 1 N–H and O–H groups in total. The molecule has 2 rings (SSSR count). The van der Waals surface area contributed by atoms with E-state index in [0.29, 0.717) is 104 Å². The molecule has 0 aromatic heterocycles. The lowest BCUT2D eigenvalue weighted by Gasteiger charge is -2.43. The van der Waals surface area contributed by atoms with Gasteiger partial charge in [-0.2, -0.15) is 0 Å². The van der Waals surface area contributed by atoms with E-state index in [2.05, 4.69) is 5.32 Å². The number of hydrogen-bond donors (Lipinski definition) is 1. The summed E-state index contributed by atoms with van der Waals surface area (Å²) in [5.41, 5.74) is 0.602. The van der Waals surface area contributed by atoms with Crippen molar-refractivity contribution in [2.24, 2.45) is 5.41 Å². The summed E-state index contributed by atoms with van der Waals surface area (Å²) in [5, 5.41) is 3.48. The third-order valence-corrected chi connectivity index (χ3v) is 6.53. The molecule has 1 aliphatic heterocycles. The third kappa shape index (κ3) is 14.9. The first-order valence-electron chi connectivity index (χ1n) is 13.1. The molecule has 0 radical (unpaired) electrons. The van der Waals surface area contributed by atoms with Crippen molar-refractivity contribution in [1.29, 1.82) is 0 Å². The molecule has 34 heavy (non-hydrogen) atoms. The molecule has 1 saturated carbocycles. The van der Waals surface area contributed by atoms with Crippen LogP contribution in [-0.4, -0.2) is 119 Å². The van der Waals surface area contributed by atoms with Gasteiger partial charge >= 0.3 is 0 Å². The molecule has 0 aromatic carbocycles. The topological polar surface area (TPSA) is 85.9 Å². The Labute approximate surface area is 206 Å². The number of piperidine rings is 1. The van der Waals surface area contributed by atoms with Crippen LogP contribution in [0.25, 0.3) is 0 Å². The maximum Gasteiger partial charge on any atom is 0.0704 e. The molecule has 1 heterocycles. The average molecular weight is 492 g/mol. The van der Waals surface area contributed by atoms with Crippen LogP contribution >= 0.6 is 0 Å². The Morgan fingerprint density at radius 2 is 0.912 bits per heavy atom. The van der Waals surface area contributed by atoms with Gasteiger partial charge < -0.3 is 43.2 Å². The Morgan fingerprint density at radius 3 is 1.32 bits per heavy atom. The van der Waals surface area contributed by atoms with Gasteiger partial charge in [0, 0.05) is 7.11 Å². The van der Waals surface area contributed by atoms with Gasteiger partial charge in [0.05, 0.1) is 98.6 Å². The molecule has 0 bridgehead atoms. The second-order valence-electron chi connectivity index (χ2n) is 8.99. The van der Waals surface area contributed by atoms with Gasteiger partial charge in [0.25, 0.3) is 0 Å². The van der Waals surface area contributed by atoms with Crippen LogP contribution in [0, 0.1) is 5.41 Å². The summed E-state index contributed by atoms with van der Waals surface area (Å²) in [5.74, 6) is 0. The standard InChI is InChI=1S/C25H49NO8/c1-27-10-11-28-12-13-29-14-15-30-16-17-31-18-19-32-20-21-33-22-23-34-24-2-4-25(5-3-24)6-8-26-9-7-25/h24,26H,2-23H2,1H3. The number of rotatable bonds is 22. The van der Waals surface area contributed by atoms with Crippen molar-refractivity contribution in [3.63, 3.8) is 0 Å². The lowest BCUT2D eigenvalue weighted by Crippen LogP contribution is -2.40. The van der Waals surface area contributed by atoms with Crippen LogP contribution in [0.5, 0.6) is 0 Å². The van der Waals surface area contributed by atoms with Crippen LogP contribution in [0.2, 0.25) is 0 Å². The van der Waals surface area contributed by atoms with Gasteiger partial charge in [-0.3, -0.25) is 0 Å². The minimum Gasteiger partial charge on any atom is -0.382 e. The van der Waals surface area contributed by atoms with Crippen molar-refractivity contribution in [2.45, 2.75) is 44.6 Å². The second kappa shape index (κ2) is 20.8. The quantitative estimate of drug-likeness (QED) is 0.229. The summed E-state index contributed by atoms with van der Waals surface area (Å²) >= 11 is 0. The molecule has 1 spiro atoms. The van der Waals surface area contributed by atoms with E-state index in [0.717, 1.165) is 0 Å². The van der Waals surface area contributed by atoms with Crippen molar-refractivity contribution in [2.75, 3.05) is 113 Å². The van der Waals surface area contributed by atoms with Gasteiger partial charge in [0.2, 0.25) is 0 Å². The summed E-state index contributed by atoms with van der Waals surface area (Å²) in [4.78, 5) is 0. The molecule has 0 amide bonds. The Morgan fingerprint density at radius 1 is 0.529 bits per heavy atom. The van der Waals surface area contributed by atoms with Gasteiger partial charge in [0.15, 0.2) is 0 Å². The van der Waals surface area contributed by atoms with E-state index >= 15 is 0 Å². The molecule has 202 valence electrons. The molecule has 9 heteroatoms.